The number of esters is 1. The summed E-state index contributed by atoms with van der Waals surface area (Å²) in [6.07, 6.45) is 82.2. The van der Waals surface area contributed by atoms with E-state index in [2.05, 4.69) is 43.5 Å². The van der Waals surface area contributed by atoms with E-state index in [4.69, 9.17) is 4.74 Å². The monoisotopic (exact) mass is 1070 g/mol. The van der Waals surface area contributed by atoms with Crippen LogP contribution in [-0.2, 0) is 14.3 Å². The van der Waals surface area contributed by atoms with Crippen LogP contribution in [0.4, 0.5) is 0 Å². The number of unbranched alkanes of at least 4 members (excludes halogenated alkanes) is 50. The summed E-state index contributed by atoms with van der Waals surface area (Å²) in [5.74, 6) is -0.0203. The smallest absolute Gasteiger partial charge is 0.305 e. The Hall–Kier alpha value is -1.66. The first-order valence-electron chi connectivity index (χ1n) is 34.6. The molecular formula is C70H135NO5. The van der Waals surface area contributed by atoms with Crippen LogP contribution in [-0.4, -0.2) is 47.4 Å². The van der Waals surface area contributed by atoms with Crippen molar-refractivity contribution in [3.05, 3.63) is 24.3 Å². The van der Waals surface area contributed by atoms with Gasteiger partial charge in [0.05, 0.1) is 25.4 Å². The van der Waals surface area contributed by atoms with Gasteiger partial charge in [0, 0.05) is 12.8 Å². The molecule has 0 aliphatic heterocycles. The topological polar surface area (TPSA) is 95.9 Å². The molecule has 0 spiro atoms. The molecule has 76 heavy (non-hydrogen) atoms. The molecule has 0 aromatic carbocycles. The Morgan fingerprint density at radius 3 is 1.00 bits per heavy atom. The Kier molecular flexibility index (Phi) is 64.4. The third-order valence-corrected chi connectivity index (χ3v) is 16.3. The van der Waals surface area contributed by atoms with Crippen molar-refractivity contribution in [2.45, 2.75) is 398 Å². The zero-order valence-electron chi connectivity index (χ0n) is 51.5. The summed E-state index contributed by atoms with van der Waals surface area (Å²) in [6.45, 7) is 4.98. The largest absolute Gasteiger partial charge is 0.466 e. The number of rotatable bonds is 65. The lowest BCUT2D eigenvalue weighted by molar-refractivity contribution is -0.143. The van der Waals surface area contributed by atoms with Crippen LogP contribution in [0, 0.1) is 0 Å². The number of allylic oxidation sites excluding steroid dienone is 4. The summed E-state index contributed by atoms with van der Waals surface area (Å²) in [6, 6.07) is -0.544. The molecule has 6 nitrogen and oxygen atoms in total. The minimum Gasteiger partial charge on any atom is -0.466 e. The number of carbonyl (C=O) groups is 2. The first-order chi connectivity index (χ1) is 37.5. The number of ether oxygens (including phenoxy) is 1. The van der Waals surface area contributed by atoms with Crippen LogP contribution in [0.1, 0.15) is 386 Å². The van der Waals surface area contributed by atoms with Crippen molar-refractivity contribution in [2.75, 3.05) is 13.2 Å². The standard InChI is InChI=1S/C70H135NO5/c1-3-5-7-9-11-13-15-17-19-31-36-40-44-48-52-56-60-64-70(75)76-65-61-57-53-49-45-41-37-33-30-28-26-24-22-20-21-23-25-27-29-32-35-39-43-47-51-55-59-63-69(74)71-67(66-72)68(73)62-58-54-50-46-42-38-34-18-16-14-12-10-8-6-4-2/h20-21,24,26,67-68,72-73H,3-19,22-23,25,27-66H2,1-2H3,(H,71,74)/b21-20-,26-24-. The number of hydrogen-bond acceptors (Lipinski definition) is 5. The molecule has 0 saturated heterocycles. The van der Waals surface area contributed by atoms with Crippen molar-refractivity contribution in [1.29, 1.82) is 0 Å². The number of hydrogen-bond donors (Lipinski definition) is 3. The number of amides is 1. The Labute approximate surface area is 475 Å². The predicted octanol–water partition coefficient (Wildman–Crippen LogP) is 22.1. The summed E-state index contributed by atoms with van der Waals surface area (Å²) >= 11 is 0. The molecule has 0 radical (unpaired) electrons. The second-order valence-electron chi connectivity index (χ2n) is 23.9. The van der Waals surface area contributed by atoms with Gasteiger partial charge in [-0.15, -0.1) is 0 Å². The van der Waals surface area contributed by atoms with E-state index in [1.54, 1.807) is 0 Å². The zero-order chi connectivity index (χ0) is 55.0. The average Bonchev–Trinajstić information content (AvgIpc) is 3.42. The second-order valence-corrected chi connectivity index (χ2v) is 23.9. The van der Waals surface area contributed by atoms with Gasteiger partial charge in [0.2, 0.25) is 5.91 Å². The van der Waals surface area contributed by atoms with Crippen LogP contribution in [0.5, 0.6) is 0 Å². The van der Waals surface area contributed by atoms with Crippen molar-refractivity contribution in [3.63, 3.8) is 0 Å². The van der Waals surface area contributed by atoms with E-state index in [0.717, 1.165) is 44.9 Å². The lowest BCUT2D eigenvalue weighted by atomic mass is 10.0. The van der Waals surface area contributed by atoms with Crippen molar-refractivity contribution < 1.29 is 24.5 Å². The fourth-order valence-corrected chi connectivity index (χ4v) is 11.0. The van der Waals surface area contributed by atoms with Gasteiger partial charge in [0.1, 0.15) is 0 Å². The molecule has 0 aliphatic rings. The first-order valence-corrected chi connectivity index (χ1v) is 34.6. The number of aliphatic hydroxyl groups excluding tert-OH is 2. The molecular weight excluding hydrogens is 935 g/mol. The minimum atomic E-state index is -0.666. The highest BCUT2D eigenvalue weighted by molar-refractivity contribution is 5.76. The molecule has 3 N–H and O–H groups in total. The van der Waals surface area contributed by atoms with Gasteiger partial charge in [-0.1, -0.05) is 340 Å². The van der Waals surface area contributed by atoms with E-state index in [9.17, 15) is 19.8 Å². The summed E-state index contributed by atoms with van der Waals surface area (Å²) in [7, 11) is 0. The van der Waals surface area contributed by atoms with Crippen LogP contribution in [0.2, 0.25) is 0 Å². The molecule has 450 valence electrons. The Balaban J connectivity index is 3.39. The third-order valence-electron chi connectivity index (χ3n) is 16.3. The van der Waals surface area contributed by atoms with E-state index in [1.807, 2.05) is 0 Å². The van der Waals surface area contributed by atoms with Gasteiger partial charge in [0.25, 0.3) is 0 Å². The third kappa shape index (κ3) is 61.6. The summed E-state index contributed by atoms with van der Waals surface area (Å²) in [5, 5.41) is 23.3. The molecule has 0 rings (SSSR count). The molecule has 2 unspecified atom stereocenters. The maximum atomic E-state index is 12.5. The summed E-state index contributed by atoms with van der Waals surface area (Å²) in [4.78, 5) is 24.6. The van der Waals surface area contributed by atoms with Crippen LogP contribution >= 0.6 is 0 Å². The molecule has 0 aromatic heterocycles. The van der Waals surface area contributed by atoms with Gasteiger partial charge in [0.15, 0.2) is 0 Å². The Bertz CT molecular complexity index is 1190. The number of carbonyl (C=O) groups excluding carboxylic acids is 2. The van der Waals surface area contributed by atoms with Crippen molar-refractivity contribution in [1.82, 2.24) is 5.32 Å². The fourth-order valence-electron chi connectivity index (χ4n) is 11.0. The van der Waals surface area contributed by atoms with E-state index in [0.29, 0.717) is 25.9 Å². The van der Waals surface area contributed by atoms with Crippen molar-refractivity contribution in [3.8, 4) is 0 Å². The molecule has 0 fully saturated rings. The lowest BCUT2D eigenvalue weighted by Crippen LogP contribution is -2.45. The molecule has 2 atom stereocenters. The normalized spacial score (nSPS) is 12.6. The van der Waals surface area contributed by atoms with E-state index in [-0.39, 0.29) is 18.5 Å². The van der Waals surface area contributed by atoms with Gasteiger partial charge in [-0.25, -0.2) is 0 Å². The van der Waals surface area contributed by atoms with Crippen LogP contribution in [0.25, 0.3) is 0 Å². The van der Waals surface area contributed by atoms with E-state index < -0.39 is 12.1 Å². The summed E-state index contributed by atoms with van der Waals surface area (Å²) in [5.41, 5.74) is 0. The van der Waals surface area contributed by atoms with E-state index >= 15 is 0 Å². The molecule has 0 bridgehead atoms. The van der Waals surface area contributed by atoms with Gasteiger partial charge in [-0.2, -0.15) is 0 Å². The van der Waals surface area contributed by atoms with Gasteiger partial charge < -0.3 is 20.3 Å². The molecule has 1 amide bonds. The Morgan fingerprint density at radius 2 is 0.658 bits per heavy atom. The van der Waals surface area contributed by atoms with Gasteiger partial charge in [-0.3, -0.25) is 9.59 Å². The van der Waals surface area contributed by atoms with E-state index in [1.165, 1.54) is 308 Å². The number of aliphatic hydroxyl groups is 2. The summed E-state index contributed by atoms with van der Waals surface area (Å²) < 4.78 is 5.50. The molecule has 0 aliphatic carbocycles. The molecule has 0 aromatic rings. The van der Waals surface area contributed by atoms with Crippen LogP contribution < -0.4 is 5.32 Å². The second kappa shape index (κ2) is 65.9. The maximum Gasteiger partial charge on any atom is 0.305 e. The average molecular weight is 1070 g/mol. The molecule has 0 heterocycles. The van der Waals surface area contributed by atoms with Gasteiger partial charge in [-0.05, 0) is 57.8 Å². The van der Waals surface area contributed by atoms with Crippen molar-refractivity contribution >= 4 is 11.9 Å². The quantitative estimate of drug-likeness (QED) is 0.0320. The van der Waals surface area contributed by atoms with Gasteiger partial charge >= 0.3 is 5.97 Å². The fraction of sp³-hybridized carbons (Fsp3) is 0.914. The lowest BCUT2D eigenvalue weighted by Gasteiger charge is -2.22. The Morgan fingerprint density at radius 1 is 0.368 bits per heavy atom. The minimum absolute atomic E-state index is 0.0153. The molecule has 6 heteroatoms. The SMILES string of the molecule is CCCCCCCCCCCCCCCCCCCC(=O)OCCCCCCCCCCC/C=C\C/C=C\CCCCCCCCCCCCCC(=O)NC(CO)C(O)CCCCCCCCCCCCCCCCC. The number of nitrogens with one attached hydrogen (secondary N) is 1. The van der Waals surface area contributed by atoms with Crippen molar-refractivity contribution in [2.24, 2.45) is 0 Å². The van der Waals surface area contributed by atoms with Crippen LogP contribution in [0.15, 0.2) is 24.3 Å². The highest BCUT2D eigenvalue weighted by atomic mass is 16.5. The van der Waals surface area contributed by atoms with Crippen LogP contribution in [0.3, 0.4) is 0 Å². The first kappa shape index (κ1) is 74.3. The zero-order valence-corrected chi connectivity index (χ0v) is 51.5. The highest BCUT2D eigenvalue weighted by Gasteiger charge is 2.20. The maximum absolute atomic E-state index is 12.5. The molecule has 0 saturated carbocycles. The predicted molar refractivity (Wildman–Crippen MR) is 333 cm³/mol. The highest BCUT2D eigenvalue weighted by Crippen LogP contribution is 2.19.